The van der Waals surface area contributed by atoms with Crippen molar-refractivity contribution >= 4 is 50.7 Å². The van der Waals surface area contributed by atoms with Gasteiger partial charge < -0.3 is 0 Å². The monoisotopic (exact) mass is 315 g/mol. The molecule has 1 aliphatic rings. The molecule has 0 bridgehead atoms. The van der Waals surface area contributed by atoms with Gasteiger partial charge in [-0.25, -0.2) is 0 Å². The fourth-order valence-corrected chi connectivity index (χ4v) is 2.58. The van der Waals surface area contributed by atoms with Crippen LogP contribution in [-0.2, 0) is 4.79 Å². The first-order valence-electron chi connectivity index (χ1n) is 3.37. The summed E-state index contributed by atoms with van der Waals surface area (Å²) >= 11 is 4.98. The summed E-state index contributed by atoms with van der Waals surface area (Å²) < 4.78 is 1.94. The minimum Gasteiger partial charge on any atom is -0.299 e. The van der Waals surface area contributed by atoms with Crippen LogP contribution in [-0.4, -0.2) is 15.1 Å². The maximum absolute atomic E-state index is 11.0. The Hall–Kier alpha value is 0.520. The van der Waals surface area contributed by atoms with Crippen LogP contribution in [0.2, 0.25) is 0 Å². The van der Waals surface area contributed by atoms with Gasteiger partial charge in [0, 0.05) is 5.70 Å². The number of nitrogens with zero attached hydrogens (tertiary/aromatic N) is 1. The highest BCUT2D eigenvalue weighted by molar-refractivity contribution is 9.07. The van der Waals surface area contributed by atoms with E-state index in [2.05, 4.69) is 23.1 Å². The van der Waals surface area contributed by atoms with E-state index in [9.17, 15) is 4.79 Å². The predicted octanol–water partition coefficient (Wildman–Crippen LogP) is 3.09. The highest BCUT2D eigenvalue weighted by atomic mass is 79.9. The summed E-state index contributed by atoms with van der Waals surface area (Å²) in [5, 5.41) is 0.328. The molecular weight excluding hydrogens is 306 g/mol. The van der Waals surface area contributed by atoms with Crippen LogP contribution in [0.1, 0.15) is 20.8 Å². The zero-order valence-electron chi connectivity index (χ0n) is 7.13. The molecule has 1 unspecified atom stereocenters. The van der Waals surface area contributed by atoms with E-state index >= 15 is 0 Å². The Morgan fingerprint density at radius 1 is 1.67 bits per heavy atom. The molecule has 1 rings (SSSR count). The zero-order chi connectivity index (χ0) is 8.59. The van der Waals surface area contributed by atoms with E-state index in [-0.39, 0.29) is 22.8 Å². The maximum Gasteiger partial charge on any atom is 0.167 e. The molecule has 2 nitrogen and oxygen atoms in total. The Morgan fingerprint density at radius 2 is 2.17 bits per heavy atom. The highest BCUT2D eigenvalue weighted by Gasteiger charge is 2.27. The number of allylic oxidation sites excluding steroid dienone is 2. The second-order valence-electron chi connectivity index (χ2n) is 2.50. The van der Waals surface area contributed by atoms with Crippen molar-refractivity contribution in [2.75, 3.05) is 0 Å². The lowest BCUT2D eigenvalue weighted by atomic mass is 10.3. The van der Waals surface area contributed by atoms with Gasteiger partial charge in [-0.3, -0.25) is 8.72 Å². The number of halogens is 2. The van der Waals surface area contributed by atoms with E-state index in [1.807, 2.05) is 10.8 Å². The van der Waals surface area contributed by atoms with Crippen molar-refractivity contribution in [3.63, 3.8) is 0 Å². The normalized spacial score (nSPS) is 22.7. The predicted molar refractivity (Wildman–Crippen MR) is 61.5 cm³/mol. The van der Waals surface area contributed by atoms with Crippen molar-refractivity contribution in [1.82, 2.24) is 3.93 Å². The van der Waals surface area contributed by atoms with E-state index < -0.39 is 0 Å². The Bertz CT molecular complexity index is 229. The number of rotatable bonds is 1. The summed E-state index contributed by atoms with van der Waals surface area (Å²) in [5.41, 5.74) is 1.02. The fraction of sp³-hybridized carbons (Fsp3) is 0.571. The highest BCUT2D eigenvalue weighted by Crippen LogP contribution is 2.39. The van der Waals surface area contributed by atoms with Gasteiger partial charge in [0.05, 0.1) is 26.4 Å². The van der Waals surface area contributed by atoms with Gasteiger partial charge in [0.15, 0.2) is 5.78 Å². The van der Waals surface area contributed by atoms with Crippen molar-refractivity contribution in [2.45, 2.75) is 26.1 Å². The first kappa shape index (κ1) is 12.5. The molecule has 0 amide bonds. The standard InChI is InChI=1S/C7H10BrNOS.BrH/c1-4-7(5(2)10)11-6(3)9(4)8;/h6H,1-3H3;1H. The van der Waals surface area contributed by atoms with Gasteiger partial charge in [-0.1, -0.05) is 11.8 Å². The number of thioether (sulfide) groups is 1. The van der Waals surface area contributed by atoms with E-state index in [0.29, 0.717) is 5.37 Å². The van der Waals surface area contributed by atoms with E-state index in [1.165, 1.54) is 0 Å². The lowest BCUT2D eigenvalue weighted by molar-refractivity contribution is -0.113. The van der Waals surface area contributed by atoms with Crippen LogP contribution >= 0.6 is 44.9 Å². The third-order valence-electron chi connectivity index (χ3n) is 1.58. The molecule has 0 radical (unpaired) electrons. The first-order chi connectivity index (χ1) is 5.04. The molecule has 0 aromatic rings. The second-order valence-corrected chi connectivity index (χ2v) is 4.59. The molecule has 70 valence electrons. The van der Waals surface area contributed by atoms with Gasteiger partial charge in [-0.2, -0.15) is 0 Å². The maximum atomic E-state index is 11.0. The molecule has 0 saturated heterocycles. The third-order valence-corrected chi connectivity index (χ3v) is 4.36. The Balaban J connectivity index is 0.00000121. The van der Waals surface area contributed by atoms with Crippen LogP contribution in [0.25, 0.3) is 0 Å². The lowest BCUT2D eigenvalue weighted by Gasteiger charge is -2.14. The molecule has 0 N–H and O–H groups in total. The number of hydrogen-bond acceptors (Lipinski definition) is 3. The van der Waals surface area contributed by atoms with E-state index in [1.54, 1.807) is 18.7 Å². The second kappa shape index (κ2) is 4.67. The molecule has 0 aliphatic carbocycles. The van der Waals surface area contributed by atoms with Gasteiger partial charge >= 0.3 is 0 Å². The van der Waals surface area contributed by atoms with E-state index in [0.717, 1.165) is 10.6 Å². The molecule has 5 heteroatoms. The molecule has 0 aromatic carbocycles. The molecule has 0 fully saturated rings. The smallest absolute Gasteiger partial charge is 0.167 e. The SMILES string of the molecule is Br.CC(=O)C1=C(C)N(Br)C(C)S1. The van der Waals surface area contributed by atoms with Crippen LogP contribution in [0.4, 0.5) is 0 Å². The van der Waals surface area contributed by atoms with Gasteiger partial charge in [0.25, 0.3) is 0 Å². The quantitative estimate of drug-likeness (QED) is 0.693. The topological polar surface area (TPSA) is 20.3 Å². The minimum absolute atomic E-state index is 0. The van der Waals surface area contributed by atoms with Crippen LogP contribution in [0, 0.1) is 0 Å². The average molecular weight is 317 g/mol. The Labute approximate surface area is 95.9 Å². The number of ketones is 1. The average Bonchev–Trinajstić information content (AvgIpc) is 2.17. The van der Waals surface area contributed by atoms with Crippen LogP contribution in [0.15, 0.2) is 10.6 Å². The first-order valence-corrected chi connectivity index (χ1v) is 4.96. The summed E-state index contributed by atoms with van der Waals surface area (Å²) in [4.78, 5) is 11.9. The van der Waals surface area contributed by atoms with E-state index in [4.69, 9.17) is 0 Å². The van der Waals surface area contributed by atoms with Crippen LogP contribution in [0.3, 0.4) is 0 Å². The molecule has 0 saturated carbocycles. The van der Waals surface area contributed by atoms with Crippen LogP contribution in [0.5, 0.6) is 0 Å². The Morgan fingerprint density at radius 3 is 2.33 bits per heavy atom. The third kappa shape index (κ3) is 2.26. The van der Waals surface area contributed by atoms with Crippen molar-refractivity contribution in [2.24, 2.45) is 0 Å². The largest absolute Gasteiger partial charge is 0.299 e. The van der Waals surface area contributed by atoms with Crippen molar-refractivity contribution in [1.29, 1.82) is 0 Å². The molecule has 0 aromatic heterocycles. The molecule has 12 heavy (non-hydrogen) atoms. The number of carbonyl (C=O) groups excluding carboxylic acids is 1. The molecule has 1 heterocycles. The minimum atomic E-state index is 0. The van der Waals surface area contributed by atoms with Gasteiger partial charge in [-0.05, 0) is 20.8 Å². The number of carbonyl (C=O) groups is 1. The van der Waals surface area contributed by atoms with Gasteiger partial charge in [0.2, 0.25) is 0 Å². The summed E-state index contributed by atoms with van der Waals surface area (Å²) in [5.74, 6) is 0.154. The zero-order valence-corrected chi connectivity index (χ0v) is 11.2. The molecule has 1 aliphatic heterocycles. The van der Waals surface area contributed by atoms with Crippen molar-refractivity contribution in [3.05, 3.63) is 10.6 Å². The van der Waals surface area contributed by atoms with Crippen LogP contribution < -0.4 is 0 Å². The number of hydrogen-bond donors (Lipinski definition) is 0. The lowest BCUT2D eigenvalue weighted by Crippen LogP contribution is -2.11. The molecule has 0 spiro atoms. The molecular formula is C7H11Br2NOS. The molecule has 1 atom stereocenters. The van der Waals surface area contributed by atoms with Gasteiger partial charge in [-0.15, -0.1) is 17.0 Å². The van der Waals surface area contributed by atoms with Crippen molar-refractivity contribution in [3.8, 4) is 0 Å². The number of Topliss-reactive ketones (excluding diaryl/α,β-unsaturated/α-hetero) is 1. The summed E-state index contributed by atoms with van der Waals surface area (Å²) in [6, 6.07) is 0. The summed E-state index contributed by atoms with van der Waals surface area (Å²) in [6.45, 7) is 5.60. The summed E-state index contributed by atoms with van der Waals surface area (Å²) in [7, 11) is 0. The summed E-state index contributed by atoms with van der Waals surface area (Å²) in [6.07, 6.45) is 0. The van der Waals surface area contributed by atoms with Crippen molar-refractivity contribution < 1.29 is 4.79 Å². The Kier molecular flexibility index (Phi) is 4.87. The van der Waals surface area contributed by atoms with Gasteiger partial charge in [0.1, 0.15) is 0 Å². The fourth-order valence-electron chi connectivity index (χ4n) is 1.01.